The number of carbonyl (C=O) groups excluding carboxylic acids is 1. The summed E-state index contributed by atoms with van der Waals surface area (Å²) in [6.07, 6.45) is 3.12. The average molecular weight is 366 g/mol. The minimum Gasteiger partial charge on any atom is -0.463 e. The lowest BCUT2D eigenvalue weighted by molar-refractivity contribution is 0.101. The van der Waals surface area contributed by atoms with Gasteiger partial charge < -0.3 is 14.3 Å². The van der Waals surface area contributed by atoms with Crippen LogP contribution in [0.15, 0.2) is 65.4 Å². The number of hydrogen-bond acceptors (Lipinski definition) is 3. The van der Waals surface area contributed by atoms with Crippen molar-refractivity contribution < 1.29 is 9.21 Å². The lowest BCUT2D eigenvalue weighted by Gasteiger charge is -2.11. The van der Waals surface area contributed by atoms with E-state index in [1.54, 1.807) is 24.5 Å². The lowest BCUT2D eigenvalue weighted by Crippen LogP contribution is -2.18. The fraction of sp³-hybridized carbons (Fsp3) is 0.100. The van der Waals surface area contributed by atoms with Crippen molar-refractivity contribution in [2.24, 2.45) is 0 Å². The fourth-order valence-corrected chi connectivity index (χ4v) is 2.95. The molecule has 0 fully saturated rings. The summed E-state index contributed by atoms with van der Waals surface area (Å²) < 4.78 is 7.42. The molecule has 0 bridgehead atoms. The number of carbonyl (C=O) groups is 1. The van der Waals surface area contributed by atoms with E-state index in [4.69, 9.17) is 16.0 Å². The molecule has 4 aromatic rings. The molecule has 4 rings (SSSR count). The van der Waals surface area contributed by atoms with Gasteiger partial charge >= 0.3 is 0 Å². The number of rotatable bonds is 4. The molecule has 0 aliphatic carbocycles. The normalized spacial score (nSPS) is 11.0. The quantitative estimate of drug-likeness (QED) is 0.560. The summed E-state index contributed by atoms with van der Waals surface area (Å²) in [7, 11) is 0. The minimum absolute atomic E-state index is 0.252. The zero-order valence-electron chi connectivity index (χ0n) is 14.1. The first-order valence-corrected chi connectivity index (χ1v) is 8.53. The Morgan fingerprint density at radius 3 is 2.73 bits per heavy atom. The molecule has 0 unspecified atom stereocenters. The summed E-state index contributed by atoms with van der Waals surface area (Å²) in [6.45, 7) is 2.62. The Bertz CT molecular complexity index is 1060. The van der Waals surface area contributed by atoms with Crippen LogP contribution in [0.3, 0.4) is 0 Å². The van der Waals surface area contributed by atoms with Crippen LogP contribution < -0.4 is 5.32 Å². The van der Waals surface area contributed by atoms with Gasteiger partial charge in [0.05, 0.1) is 16.8 Å². The summed E-state index contributed by atoms with van der Waals surface area (Å²) in [5.74, 6) is 0.192. The van der Waals surface area contributed by atoms with Crippen molar-refractivity contribution in [1.29, 1.82) is 0 Å². The van der Waals surface area contributed by atoms with E-state index < -0.39 is 0 Å². The van der Waals surface area contributed by atoms with Gasteiger partial charge in [-0.2, -0.15) is 0 Å². The van der Waals surface area contributed by atoms with Gasteiger partial charge in [0, 0.05) is 24.9 Å². The van der Waals surface area contributed by atoms with Crippen LogP contribution in [0, 0.1) is 6.92 Å². The number of nitrogens with one attached hydrogen (secondary N) is 1. The Labute approximate surface area is 155 Å². The predicted octanol–water partition coefficient (Wildman–Crippen LogP) is 4.89. The Kier molecular flexibility index (Phi) is 4.22. The SMILES string of the molecule is Cc1ccc(Cn2c(C(=O)Nc3ccc(Cl)cn3)cc3occc32)cc1. The molecule has 5 nitrogen and oxygen atoms in total. The maximum absolute atomic E-state index is 12.8. The van der Waals surface area contributed by atoms with E-state index >= 15 is 0 Å². The smallest absolute Gasteiger partial charge is 0.273 e. The number of anilines is 1. The molecule has 1 aromatic carbocycles. The third kappa shape index (κ3) is 3.21. The Morgan fingerprint density at radius 1 is 1.19 bits per heavy atom. The molecule has 0 saturated heterocycles. The second-order valence-corrected chi connectivity index (χ2v) is 6.52. The van der Waals surface area contributed by atoms with Crippen LogP contribution in [-0.2, 0) is 6.54 Å². The lowest BCUT2D eigenvalue weighted by atomic mass is 10.1. The highest BCUT2D eigenvalue weighted by Crippen LogP contribution is 2.23. The van der Waals surface area contributed by atoms with Crippen molar-refractivity contribution in [2.45, 2.75) is 13.5 Å². The standard InChI is InChI=1S/C20H16ClN3O2/c1-13-2-4-14(5-3-13)12-24-16-8-9-26-18(16)10-17(24)20(25)23-19-7-6-15(21)11-22-19/h2-11H,12H2,1H3,(H,22,23,25). The highest BCUT2D eigenvalue weighted by Gasteiger charge is 2.18. The largest absolute Gasteiger partial charge is 0.463 e. The first kappa shape index (κ1) is 16.4. The average Bonchev–Trinajstić information content (AvgIpc) is 3.21. The van der Waals surface area contributed by atoms with E-state index in [1.807, 2.05) is 17.6 Å². The summed E-state index contributed by atoms with van der Waals surface area (Å²) in [5, 5.41) is 3.32. The minimum atomic E-state index is -0.252. The Morgan fingerprint density at radius 2 is 2.00 bits per heavy atom. The van der Waals surface area contributed by atoms with Gasteiger partial charge in [-0.05, 0) is 24.6 Å². The topological polar surface area (TPSA) is 60.1 Å². The number of nitrogens with zero attached hydrogens (tertiary/aromatic N) is 2. The summed E-state index contributed by atoms with van der Waals surface area (Å²) in [4.78, 5) is 16.9. The third-order valence-electron chi connectivity index (χ3n) is 4.19. The van der Waals surface area contributed by atoms with Crippen molar-refractivity contribution in [2.75, 3.05) is 5.32 Å². The van der Waals surface area contributed by atoms with Gasteiger partial charge in [0.15, 0.2) is 5.58 Å². The molecule has 130 valence electrons. The van der Waals surface area contributed by atoms with Crippen LogP contribution in [0.4, 0.5) is 5.82 Å². The zero-order valence-corrected chi connectivity index (χ0v) is 14.8. The first-order valence-electron chi connectivity index (χ1n) is 8.15. The van der Waals surface area contributed by atoms with Gasteiger partial charge in [0.2, 0.25) is 0 Å². The number of furan rings is 1. The molecule has 3 aromatic heterocycles. The summed E-state index contributed by atoms with van der Waals surface area (Å²) >= 11 is 5.84. The van der Waals surface area contributed by atoms with Crippen molar-refractivity contribution in [3.63, 3.8) is 0 Å². The highest BCUT2D eigenvalue weighted by atomic mass is 35.5. The van der Waals surface area contributed by atoms with E-state index in [0.717, 1.165) is 11.1 Å². The number of benzene rings is 1. The predicted molar refractivity (Wildman–Crippen MR) is 102 cm³/mol. The second kappa shape index (κ2) is 6.69. The number of pyridine rings is 1. The van der Waals surface area contributed by atoms with Crippen LogP contribution in [0.1, 0.15) is 21.6 Å². The van der Waals surface area contributed by atoms with E-state index in [2.05, 4.69) is 34.6 Å². The molecule has 1 N–H and O–H groups in total. The Balaban J connectivity index is 1.67. The van der Waals surface area contributed by atoms with Crippen LogP contribution in [0.5, 0.6) is 0 Å². The first-order chi connectivity index (χ1) is 12.6. The monoisotopic (exact) mass is 365 g/mol. The molecule has 0 atom stereocenters. The van der Waals surface area contributed by atoms with Crippen LogP contribution >= 0.6 is 11.6 Å². The zero-order chi connectivity index (χ0) is 18.1. The van der Waals surface area contributed by atoms with E-state index in [1.165, 1.54) is 11.8 Å². The van der Waals surface area contributed by atoms with E-state index in [9.17, 15) is 4.79 Å². The van der Waals surface area contributed by atoms with Crippen molar-refractivity contribution >= 4 is 34.4 Å². The molecule has 0 spiro atoms. The molecule has 6 heteroatoms. The van der Waals surface area contributed by atoms with Crippen LogP contribution in [0.25, 0.3) is 11.1 Å². The number of halogens is 1. The molecule has 26 heavy (non-hydrogen) atoms. The third-order valence-corrected chi connectivity index (χ3v) is 4.41. The molecular weight excluding hydrogens is 350 g/mol. The fourth-order valence-electron chi connectivity index (χ4n) is 2.84. The summed E-state index contributed by atoms with van der Waals surface area (Å²) in [5.41, 5.74) is 4.36. The molecule has 0 aliphatic heterocycles. The van der Waals surface area contributed by atoms with E-state index in [0.29, 0.717) is 28.7 Å². The van der Waals surface area contributed by atoms with Gasteiger partial charge in [0.25, 0.3) is 5.91 Å². The molecule has 0 radical (unpaired) electrons. The van der Waals surface area contributed by atoms with Gasteiger partial charge in [-0.3, -0.25) is 4.79 Å². The molecular formula is C20H16ClN3O2. The maximum Gasteiger partial charge on any atom is 0.273 e. The summed E-state index contributed by atoms with van der Waals surface area (Å²) in [6, 6.07) is 15.2. The van der Waals surface area contributed by atoms with Crippen LogP contribution in [-0.4, -0.2) is 15.5 Å². The van der Waals surface area contributed by atoms with E-state index in [-0.39, 0.29) is 5.91 Å². The van der Waals surface area contributed by atoms with Gasteiger partial charge in [-0.15, -0.1) is 0 Å². The number of aryl methyl sites for hydroxylation is 1. The maximum atomic E-state index is 12.8. The molecule has 0 aliphatic rings. The van der Waals surface area contributed by atoms with Crippen molar-refractivity contribution in [1.82, 2.24) is 9.55 Å². The molecule has 1 amide bonds. The van der Waals surface area contributed by atoms with Crippen LogP contribution in [0.2, 0.25) is 5.02 Å². The van der Waals surface area contributed by atoms with Crippen molar-refractivity contribution in [3.8, 4) is 0 Å². The second-order valence-electron chi connectivity index (χ2n) is 6.09. The molecule has 0 saturated carbocycles. The van der Waals surface area contributed by atoms with Crippen molar-refractivity contribution in [3.05, 3.63) is 82.8 Å². The Hall–Kier alpha value is -3.05. The molecule has 3 heterocycles. The van der Waals surface area contributed by atoms with Gasteiger partial charge in [-0.25, -0.2) is 4.98 Å². The number of hydrogen-bond donors (Lipinski definition) is 1. The van der Waals surface area contributed by atoms with Gasteiger partial charge in [0.1, 0.15) is 11.5 Å². The van der Waals surface area contributed by atoms with Gasteiger partial charge in [-0.1, -0.05) is 41.4 Å². The number of aromatic nitrogens is 2. The highest BCUT2D eigenvalue weighted by molar-refractivity contribution is 6.30. The number of fused-ring (bicyclic) bond motifs is 1. The number of amides is 1.